The summed E-state index contributed by atoms with van der Waals surface area (Å²) in [7, 11) is 0. The first-order chi connectivity index (χ1) is 15.3. The van der Waals surface area contributed by atoms with E-state index in [1.54, 1.807) is 34.9 Å². The minimum absolute atomic E-state index is 0.0366. The molecule has 2 amide bonds. The molecule has 1 N–H and O–H groups in total. The molecule has 0 aliphatic carbocycles. The third kappa shape index (κ3) is 7.72. The number of carbonyl (C=O) groups is 2. The number of rotatable bonds is 11. The number of hydrogen-bond donors (Lipinski definition) is 1. The number of halogens is 2. The maximum atomic E-state index is 13.3. The molecule has 2 rings (SSSR count). The summed E-state index contributed by atoms with van der Waals surface area (Å²) in [4.78, 5) is 29.1. The Morgan fingerprint density at radius 1 is 1.03 bits per heavy atom. The van der Waals surface area contributed by atoms with Crippen molar-refractivity contribution in [2.24, 2.45) is 0 Å². The van der Waals surface area contributed by atoms with Crippen molar-refractivity contribution in [1.29, 1.82) is 0 Å². The van der Waals surface area contributed by atoms with E-state index in [-0.39, 0.29) is 24.4 Å². The van der Waals surface area contributed by atoms with Gasteiger partial charge in [-0.05, 0) is 51.0 Å². The molecule has 0 saturated heterocycles. The van der Waals surface area contributed by atoms with Crippen molar-refractivity contribution >= 4 is 46.8 Å². The fourth-order valence-electron chi connectivity index (χ4n) is 3.25. The van der Waals surface area contributed by atoms with E-state index in [0.717, 1.165) is 11.3 Å². The highest BCUT2D eigenvalue weighted by molar-refractivity contribution is 7.99. The van der Waals surface area contributed by atoms with E-state index in [1.165, 1.54) is 5.56 Å². The predicted octanol–water partition coefficient (Wildman–Crippen LogP) is 6.51. The SMILES string of the molecule is CC[C@@H](C)NC(=O)[C@@H](CC)N(Cc1c(Cl)cccc1Cl)C(=O)CCSc1ccc(C)cc1. The number of nitrogens with zero attached hydrogens (tertiary/aromatic N) is 1. The molecule has 0 saturated carbocycles. The van der Waals surface area contributed by atoms with Gasteiger partial charge in [-0.25, -0.2) is 0 Å². The van der Waals surface area contributed by atoms with E-state index in [1.807, 2.05) is 27.7 Å². The second kappa shape index (κ2) is 13.1. The highest BCUT2D eigenvalue weighted by Crippen LogP contribution is 2.28. The Morgan fingerprint density at radius 3 is 2.22 bits per heavy atom. The van der Waals surface area contributed by atoms with Crippen LogP contribution < -0.4 is 5.32 Å². The topological polar surface area (TPSA) is 49.4 Å². The molecule has 0 aromatic heterocycles. The highest BCUT2D eigenvalue weighted by Gasteiger charge is 2.30. The maximum absolute atomic E-state index is 13.3. The van der Waals surface area contributed by atoms with Crippen LogP contribution in [0.3, 0.4) is 0 Å². The van der Waals surface area contributed by atoms with Gasteiger partial charge in [-0.15, -0.1) is 11.8 Å². The smallest absolute Gasteiger partial charge is 0.243 e. The Kier molecular flexibility index (Phi) is 10.9. The molecule has 2 aromatic carbocycles. The maximum Gasteiger partial charge on any atom is 0.243 e. The van der Waals surface area contributed by atoms with E-state index in [9.17, 15) is 9.59 Å². The number of benzene rings is 2. The number of carbonyl (C=O) groups excluding carboxylic acids is 2. The third-order valence-electron chi connectivity index (χ3n) is 5.38. The summed E-state index contributed by atoms with van der Waals surface area (Å²) >= 11 is 14.4. The molecule has 2 atom stereocenters. The van der Waals surface area contributed by atoms with Crippen LogP contribution in [0, 0.1) is 6.92 Å². The van der Waals surface area contributed by atoms with Crippen molar-refractivity contribution in [2.45, 2.75) is 70.5 Å². The van der Waals surface area contributed by atoms with Crippen molar-refractivity contribution in [3.05, 3.63) is 63.6 Å². The molecule has 0 aliphatic heterocycles. The van der Waals surface area contributed by atoms with Crippen LogP contribution in [-0.2, 0) is 16.1 Å². The van der Waals surface area contributed by atoms with Crippen LogP contribution in [0.25, 0.3) is 0 Å². The van der Waals surface area contributed by atoms with Crippen molar-refractivity contribution in [3.63, 3.8) is 0 Å². The highest BCUT2D eigenvalue weighted by atomic mass is 35.5. The van der Waals surface area contributed by atoms with Crippen molar-refractivity contribution in [1.82, 2.24) is 10.2 Å². The van der Waals surface area contributed by atoms with Gasteiger partial charge in [-0.1, -0.05) is 60.8 Å². The van der Waals surface area contributed by atoms with Gasteiger partial charge >= 0.3 is 0 Å². The zero-order valence-electron chi connectivity index (χ0n) is 19.2. The summed E-state index contributed by atoms with van der Waals surface area (Å²) in [5, 5.41) is 3.99. The quantitative estimate of drug-likeness (QED) is 0.362. The molecule has 2 aromatic rings. The predicted molar refractivity (Wildman–Crippen MR) is 136 cm³/mol. The number of aryl methyl sites for hydroxylation is 1. The summed E-state index contributed by atoms with van der Waals surface area (Å²) in [6.45, 7) is 8.13. The lowest BCUT2D eigenvalue weighted by atomic mass is 10.1. The fourth-order valence-corrected chi connectivity index (χ4v) is 4.61. The Hall–Kier alpha value is -1.69. The van der Waals surface area contributed by atoms with Gasteiger partial charge in [0, 0.05) is 45.3 Å². The summed E-state index contributed by atoms with van der Waals surface area (Å²) in [6.07, 6.45) is 1.63. The summed E-state index contributed by atoms with van der Waals surface area (Å²) in [5.41, 5.74) is 1.86. The number of nitrogens with one attached hydrogen (secondary N) is 1. The van der Waals surface area contributed by atoms with Crippen molar-refractivity contribution in [3.8, 4) is 0 Å². The van der Waals surface area contributed by atoms with Crippen LogP contribution in [0.5, 0.6) is 0 Å². The molecule has 174 valence electrons. The summed E-state index contributed by atoms with van der Waals surface area (Å²) in [5.74, 6) is 0.384. The van der Waals surface area contributed by atoms with Crippen LogP contribution in [0.4, 0.5) is 0 Å². The van der Waals surface area contributed by atoms with Crippen LogP contribution in [0.1, 0.15) is 51.2 Å². The Labute approximate surface area is 206 Å². The average molecular weight is 496 g/mol. The molecule has 0 radical (unpaired) electrons. The largest absolute Gasteiger partial charge is 0.352 e. The lowest BCUT2D eigenvalue weighted by Crippen LogP contribution is -2.50. The van der Waals surface area contributed by atoms with Gasteiger partial charge in [-0.3, -0.25) is 9.59 Å². The summed E-state index contributed by atoms with van der Waals surface area (Å²) in [6, 6.07) is 12.9. The summed E-state index contributed by atoms with van der Waals surface area (Å²) < 4.78 is 0. The Balaban J connectivity index is 2.20. The minimum atomic E-state index is -0.590. The first kappa shape index (κ1) is 26.6. The van der Waals surface area contributed by atoms with Crippen LogP contribution in [0.2, 0.25) is 10.0 Å². The van der Waals surface area contributed by atoms with Crippen LogP contribution in [-0.4, -0.2) is 34.6 Å². The van der Waals surface area contributed by atoms with Gasteiger partial charge in [0.1, 0.15) is 6.04 Å². The monoisotopic (exact) mass is 494 g/mol. The van der Waals surface area contributed by atoms with Gasteiger partial charge in [0.2, 0.25) is 11.8 Å². The van der Waals surface area contributed by atoms with E-state index >= 15 is 0 Å². The number of thioether (sulfide) groups is 1. The molecule has 0 bridgehead atoms. The standard InChI is InChI=1S/C25H32Cl2N2O2S/c1-5-18(4)28-25(31)23(6-2)29(16-20-21(26)8-7-9-22(20)27)24(30)14-15-32-19-12-10-17(3)11-13-19/h7-13,18,23H,5-6,14-16H2,1-4H3,(H,28,31)/t18-,23-/m1/s1. The van der Waals surface area contributed by atoms with Crippen LogP contribution >= 0.6 is 35.0 Å². The Bertz CT molecular complexity index is 885. The number of amides is 2. The molecular weight excluding hydrogens is 463 g/mol. The molecule has 32 heavy (non-hydrogen) atoms. The molecule has 0 unspecified atom stereocenters. The lowest BCUT2D eigenvalue weighted by molar-refractivity contribution is -0.141. The third-order valence-corrected chi connectivity index (χ3v) is 7.10. The van der Waals surface area contributed by atoms with Gasteiger partial charge in [0.15, 0.2) is 0 Å². The minimum Gasteiger partial charge on any atom is -0.352 e. The second-order valence-corrected chi connectivity index (χ2v) is 9.86. The molecule has 0 spiro atoms. The molecule has 0 heterocycles. The van der Waals surface area contributed by atoms with E-state index in [2.05, 4.69) is 29.6 Å². The average Bonchev–Trinajstić information content (AvgIpc) is 2.76. The van der Waals surface area contributed by atoms with Gasteiger partial charge in [-0.2, -0.15) is 0 Å². The normalized spacial score (nSPS) is 12.8. The van der Waals surface area contributed by atoms with Crippen molar-refractivity contribution in [2.75, 3.05) is 5.75 Å². The first-order valence-electron chi connectivity index (χ1n) is 11.0. The van der Waals surface area contributed by atoms with Crippen molar-refractivity contribution < 1.29 is 9.59 Å². The van der Waals surface area contributed by atoms with Gasteiger partial charge in [0.05, 0.1) is 0 Å². The van der Waals surface area contributed by atoms with Gasteiger partial charge < -0.3 is 10.2 Å². The van der Waals surface area contributed by atoms with E-state index in [4.69, 9.17) is 23.2 Å². The van der Waals surface area contributed by atoms with E-state index < -0.39 is 6.04 Å². The molecule has 0 aliphatic rings. The van der Waals surface area contributed by atoms with Gasteiger partial charge in [0.25, 0.3) is 0 Å². The molecule has 7 heteroatoms. The van der Waals surface area contributed by atoms with Crippen LogP contribution in [0.15, 0.2) is 47.4 Å². The molecule has 0 fully saturated rings. The fraction of sp³-hybridized carbons (Fsp3) is 0.440. The first-order valence-corrected chi connectivity index (χ1v) is 12.7. The number of hydrogen-bond acceptors (Lipinski definition) is 3. The zero-order chi connectivity index (χ0) is 23.7. The van der Waals surface area contributed by atoms with E-state index in [0.29, 0.717) is 34.2 Å². The Morgan fingerprint density at radius 2 is 1.66 bits per heavy atom. The lowest BCUT2D eigenvalue weighted by Gasteiger charge is -2.32. The molecule has 4 nitrogen and oxygen atoms in total. The second-order valence-electron chi connectivity index (χ2n) is 7.88. The zero-order valence-corrected chi connectivity index (χ0v) is 21.5. The molecular formula is C25H32Cl2N2O2S.